The number of nitrogens with zero attached hydrogens (tertiary/aromatic N) is 1. The molecular formula is C13H13BrN2. The Bertz CT molecular complexity index is 518. The van der Waals surface area contributed by atoms with E-state index in [0.717, 1.165) is 16.5 Å². The zero-order valence-electron chi connectivity index (χ0n) is 8.91. The maximum Gasteiger partial charge on any atom is 0.0702 e. The van der Waals surface area contributed by atoms with E-state index in [2.05, 4.69) is 38.4 Å². The van der Waals surface area contributed by atoms with Gasteiger partial charge in [0, 0.05) is 22.1 Å². The molecule has 0 aliphatic carbocycles. The van der Waals surface area contributed by atoms with Gasteiger partial charge in [0.2, 0.25) is 0 Å². The maximum atomic E-state index is 4.51. The van der Waals surface area contributed by atoms with Crippen molar-refractivity contribution in [3.05, 3.63) is 40.5 Å². The molecular weight excluding hydrogens is 264 g/mol. The Morgan fingerprint density at radius 2 is 2.25 bits per heavy atom. The molecule has 0 saturated carbocycles. The van der Waals surface area contributed by atoms with Gasteiger partial charge in [-0.25, -0.2) is 0 Å². The average molecular weight is 277 g/mol. The largest absolute Gasteiger partial charge is 0.310 e. The lowest BCUT2D eigenvalue weighted by atomic mass is 10.1. The number of nitrogens with one attached hydrogen (secondary N) is 1. The predicted octanol–water partition coefficient (Wildman–Crippen LogP) is 3.42. The van der Waals surface area contributed by atoms with E-state index in [1.54, 1.807) is 0 Å². The molecule has 1 aromatic carbocycles. The highest BCUT2D eigenvalue weighted by atomic mass is 79.9. The summed E-state index contributed by atoms with van der Waals surface area (Å²) >= 11 is 3.50. The Kier molecular flexibility index (Phi) is 2.65. The van der Waals surface area contributed by atoms with Crippen LogP contribution in [0.25, 0.3) is 10.9 Å². The molecule has 0 bridgehead atoms. The summed E-state index contributed by atoms with van der Waals surface area (Å²) in [7, 11) is 0. The van der Waals surface area contributed by atoms with Crippen LogP contribution >= 0.6 is 15.9 Å². The second-order valence-electron chi connectivity index (χ2n) is 4.25. The first-order valence-corrected chi connectivity index (χ1v) is 6.41. The third kappa shape index (κ3) is 1.85. The van der Waals surface area contributed by atoms with Gasteiger partial charge >= 0.3 is 0 Å². The molecule has 1 aromatic heterocycles. The van der Waals surface area contributed by atoms with Crippen molar-refractivity contribution in [2.75, 3.05) is 6.54 Å². The van der Waals surface area contributed by atoms with Crippen LogP contribution in [-0.4, -0.2) is 11.5 Å². The van der Waals surface area contributed by atoms with Crippen molar-refractivity contribution in [1.82, 2.24) is 10.3 Å². The highest BCUT2D eigenvalue weighted by Crippen LogP contribution is 2.26. The fourth-order valence-corrected chi connectivity index (χ4v) is 2.66. The van der Waals surface area contributed by atoms with E-state index >= 15 is 0 Å². The molecule has 2 nitrogen and oxygen atoms in total. The van der Waals surface area contributed by atoms with Gasteiger partial charge in [-0.3, -0.25) is 4.98 Å². The van der Waals surface area contributed by atoms with E-state index in [4.69, 9.17) is 0 Å². The van der Waals surface area contributed by atoms with Crippen molar-refractivity contribution in [3.8, 4) is 0 Å². The summed E-state index contributed by atoms with van der Waals surface area (Å²) in [6.07, 6.45) is 4.49. The van der Waals surface area contributed by atoms with Gasteiger partial charge in [-0.05, 0) is 49.2 Å². The van der Waals surface area contributed by atoms with E-state index in [1.807, 2.05) is 18.3 Å². The second kappa shape index (κ2) is 4.15. The number of rotatable bonds is 1. The molecule has 82 valence electrons. The molecule has 1 fully saturated rings. The summed E-state index contributed by atoms with van der Waals surface area (Å²) in [5.41, 5.74) is 2.37. The monoisotopic (exact) mass is 276 g/mol. The molecule has 1 unspecified atom stereocenters. The van der Waals surface area contributed by atoms with Gasteiger partial charge in [-0.2, -0.15) is 0 Å². The Balaban J connectivity index is 2.07. The zero-order valence-corrected chi connectivity index (χ0v) is 10.5. The van der Waals surface area contributed by atoms with Gasteiger partial charge in [-0.1, -0.05) is 15.9 Å². The van der Waals surface area contributed by atoms with Crippen LogP contribution in [0.1, 0.15) is 24.4 Å². The quantitative estimate of drug-likeness (QED) is 0.864. The minimum absolute atomic E-state index is 0.496. The lowest BCUT2D eigenvalue weighted by Crippen LogP contribution is -2.12. The first kappa shape index (κ1) is 10.2. The van der Waals surface area contributed by atoms with Crippen molar-refractivity contribution >= 4 is 26.8 Å². The molecule has 2 heterocycles. The van der Waals surface area contributed by atoms with Gasteiger partial charge in [0.15, 0.2) is 0 Å². The molecule has 0 spiro atoms. The van der Waals surface area contributed by atoms with Crippen molar-refractivity contribution < 1.29 is 0 Å². The van der Waals surface area contributed by atoms with Crippen LogP contribution in [0, 0.1) is 0 Å². The molecule has 1 aliphatic heterocycles. The Hall–Kier alpha value is -0.930. The molecule has 2 aromatic rings. The Morgan fingerprint density at radius 3 is 3.06 bits per heavy atom. The smallest absolute Gasteiger partial charge is 0.0702 e. The average Bonchev–Trinajstić information content (AvgIpc) is 2.81. The summed E-state index contributed by atoms with van der Waals surface area (Å²) < 4.78 is 1.11. The second-order valence-corrected chi connectivity index (χ2v) is 5.17. The molecule has 0 radical (unpaired) electrons. The van der Waals surface area contributed by atoms with E-state index < -0.39 is 0 Å². The minimum Gasteiger partial charge on any atom is -0.310 e. The Morgan fingerprint density at radius 1 is 1.31 bits per heavy atom. The highest BCUT2D eigenvalue weighted by Gasteiger charge is 2.16. The number of benzene rings is 1. The van der Waals surface area contributed by atoms with Crippen LogP contribution in [-0.2, 0) is 0 Å². The molecule has 3 rings (SSSR count). The number of fused-ring (bicyclic) bond motifs is 1. The normalized spacial score (nSPS) is 20.4. The standard InChI is InChI=1S/C13H13BrN2/c14-11-3-4-13-9(7-11)6-10(8-16-13)12-2-1-5-15-12/h3-4,6-8,12,15H,1-2,5H2. The van der Waals surface area contributed by atoms with E-state index in [1.165, 1.54) is 23.8 Å². The third-order valence-electron chi connectivity index (χ3n) is 3.13. The van der Waals surface area contributed by atoms with Crippen LogP contribution in [0.3, 0.4) is 0 Å². The molecule has 1 atom stereocenters. The van der Waals surface area contributed by atoms with E-state index in [-0.39, 0.29) is 0 Å². The number of aromatic nitrogens is 1. The fraction of sp³-hybridized carbons (Fsp3) is 0.308. The third-order valence-corrected chi connectivity index (χ3v) is 3.62. The number of pyridine rings is 1. The topological polar surface area (TPSA) is 24.9 Å². The number of halogens is 1. The van der Waals surface area contributed by atoms with E-state index in [0.29, 0.717) is 6.04 Å². The summed E-state index contributed by atoms with van der Waals surface area (Å²) in [6.45, 7) is 1.13. The first-order valence-electron chi connectivity index (χ1n) is 5.61. The Labute approximate surface area is 103 Å². The lowest BCUT2D eigenvalue weighted by molar-refractivity contribution is 0.646. The van der Waals surface area contributed by atoms with Crippen LogP contribution in [0.5, 0.6) is 0 Å². The number of hydrogen-bond donors (Lipinski definition) is 1. The predicted molar refractivity (Wildman–Crippen MR) is 69.4 cm³/mol. The van der Waals surface area contributed by atoms with Crippen molar-refractivity contribution in [2.45, 2.75) is 18.9 Å². The summed E-state index contributed by atoms with van der Waals surface area (Å²) in [6, 6.07) is 8.95. The highest BCUT2D eigenvalue weighted by molar-refractivity contribution is 9.10. The number of hydrogen-bond acceptors (Lipinski definition) is 2. The van der Waals surface area contributed by atoms with Crippen molar-refractivity contribution in [2.24, 2.45) is 0 Å². The van der Waals surface area contributed by atoms with Gasteiger partial charge in [0.1, 0.15) is 0 Å². The van der Waals surface area contributed by atoms with Crippen molar-refractivity contribution in [1.29, 1.82) is 0 Å². The van der Waals surface area contributed by atoms with Gasteiger partial charge in [0.25, 0.3) is 0 Å². The maximum absolute atomic E-state index is 4.51. The van der Waals surface area contributed by atoms with Crippen LogP contribution in [0.4, 0.5) is 0 Å². The zero-order chi connectivity index (χ0) is 11.0. The van der Waals surface area contributed by atoms with Crippen molar-refractivity contribution in [3.63, 3.8) is 0 Å². The summed E-state index contributed by atoms with van der Waals surface area (Å²) in [5, 5.41) is 4.71. The molecule has 0 amide bonds. The first-order chi connectivity index (χ1) is 7.83. The summed E-state index contributed by atoms with van der Waals surface area (Å²) in [5.74, 6) is 0. The van der Waals surface area contributed by atoms with Gasteiger partial charge < -0.3 is 5.32 Å². The molecule has 16 heavy (non-hydrogen) atoms. The van der Waals surface area contributed by atoms with E-state index in [9.17, 15) is 0 Å². The summed E-state index contributed by atoms with van der Waals surface area (Å²) in [4.78, 5) is 4.51. The van der Waals surface area contributed by atoms with Crippen LogP contribution in [0.2, 0.25) is 0 Å². The fourth-order valence-electron chi connectivity index (χ4n) is 2.28. The van der Waals surface area contributed by atoms with Gasteiger partial charge in [-0.15, -0.1) is 0 Å². The van der Waals surface area contributed by atoms with Crippen LogP contribution in [0.15, 0.2) is 34.9 Å². The molecule has 1 aliphatic rings. The van der Waals surface area contributed by atoms with Gasteiger partial charge in [0.05, 0.1) is 5.52 Å². The minimum atomic E-state index is 0.496. The lowest BCUT2D eigenvalue weighted by Gasteiger charge is -2.10. The SMILES string of the molecule is Brc1ccc2ncc(C3CCCN3)cc2c1. The molecule has 1 saturated heterocycles. The van der Waals surface area contributed by atoms with Crippen LogP contribution < -0.4 is 5.32 Å². The molecule has 3 heteroatoms. The molecule has 1 N–H and O–H groups in total.